The van der Waals surface area contributed by atoms with Crippen LogP contribution in [-0.4, -0.2) is 36.2 Å². The minimum atomic E-state index is -6.12. The van der Waals surface area contributed by atoms with Crippen LogP contribution in [0.25, 0.3) is 0 Å². The number of halogens is 6. The van der Waals surface area contributed by atoms with Crippen LogP contribution in [0.15, 0.2) is 42.5 Å². The number of benzene rings is 2. The van der Waals surface area contributed by atoms with E-state index in [0.717, 1.165) is 12.1 Å². The lowest BCUT2D eigenvalue weighted by atomic mass is 9.90. The second kappa shape index (κ2) is 7.98. The monoisotopic (exact) mass is 434 g/mol. The Morgan fingerprint density at radius 1 is 0.867 bits per heavy atom. The lowest BCUT2D eigenvalue weighted by molar-refractivity contribution is -0.376. The van der Waals surface area contributed by atoms with E-state index in [0.29, 0.717) is 6.07 Å². The molecule has 2 rings (SSSR count). The molecule has 0 bridgehead atoms. The van der Waals surface area contributed by atoms with Crippen LogP contribution in [0.1, 0.15) is 33.2 Å². The van der Waals surface area contributed by atoms with Crippen LogP contribution in [0.3, 0.4) is 0 Å². The highest BCUT2D eigenvalue weighted by atomic mass is 19.4. The number of rotatable bonds is 5. The molecule has 0 radical (unpaired) electrons. The van der Waals surface area contributed by atoms with Gasteiger partial charge in [-0.05, 0) is 37.3 Å². The second-order valence-electron chi connectivity index (χ2n) is 6.30. The molecule has 1 amide bonds. The zero-order valence-corrected chi connectivity index (χ0v) is 15.6. The summed E-state index contributed by atoms with van der Waals surface area (Å²) in [5.41, 5.74) is -7.72. The number of nitrogens with one attached hydrogen (secondary N) is 2. The summed E-state index contributed by atoms with van der Waals surface area (Å²) >= 11 is 0. The summed E-state index contributed by atoms with van der Waals surface area (Å²) in [7, 11) is 1.26. The van der Waals surface area contributed by atoms with Gasteiger partial charge in [0, 0.05) is 35.1 Å². The number of carbonyl (C=O) groups is 2. The molecule has 0 aliphatic heterocycles. The summed E-state index contributed by atoms with van der Waals surface area (Å²) in [6, 6.07) is 7.33. The zero-order chi connectivity index (χ0) is 22.9. The highest BCUT2D eigenvalue weighted by Crippen LogP contribution is 2.52. The molecule has 0 aliphatic carbocycles. The van der Waals surface area contributed by atoms with Gasteiger partial charge in [0.05, 0.1) is 0 Å². The van der Waals surface area contributed by atoms with Crippen molar-refractivity contribution in [3.05, 3.63) is 59.2 Å². The Kier molecular flexibility index (Phi) is 6.17. The number of aliphatic hydroxyl groups is 1. The molecule has 0 heterocycles. The van der Waals surface area contributed by atoms with Crippen LogP contribution in [0.5, 0.6) is 0 Å². The van der Waals surface area contributed by atoms with E-state index in [1.165, 1.54) is 38.2 Å². The molecule has 0 saturated carbocycles. The summed E-state index contributed by atoms with van der Waals surface area (Å²) in [4.78, 5) is 23.6. The number of hydrogen-bond acceptors (Lipinski definition) is 4. The Labute approximate surface area is 166 Å². The van der Waals surface area contributed by atoms with Crippen molar-refractivity contribution in [2.24, 2.45) is 0 Å². The molecule has 0 atom stereocenters. The van der Waals surface area contributed by atoms with Crippen LogP contribution < -0.4 is 10.6 Å². The third-order valence-corrected chi connectivity index (χ3v) is 4.32. The van der Waals surface area contributed by atoms with E-state index in [4.69, 9.17) is 0 Å². The number of amides is 1. The van der Waals surface area contributed by atoms with Gasteiger partial charge in [0.15, 0.2) is 5.78 Å². The standard InChI is InChI=1S/C19H16F6N2O3/c1-10(28)11-3-5-12(6-4-11)16(29)27-15-8-7-13(26-2)9-14(15)17(30,18(20,21)22)19(23,24)25/h3-9,26,30H,1-2H3,(H,27,29). The number of ketones is 1. The van der Waals surface area contributed by atoms with Crippen molar-refractivity contribution in [2.45, 2.75) is 24.9 Å². The minimum Gasteiger partial charge on any atom is -0.388 e. The molecule has 0 aromatic heterocycles. The number of alkyl halides is 6. The topological polar surface area (TPSA) is 78.4 Å². The number of anilines is 2. The predicted octanol–water partition coefficient (Wildman–Crippen LogP) is 4.50. The number of Topliss-reactive ketones (excluding diaryl/α,β-unsaturated/α-hetero) is 1. The molecule has 0 aliphatic rings. The fraction of sp³-hybridized carbons (Fsp3) is 0.263. The van der Waals surface area contributed by atoms with E-state index in [9.17, 15) is 41.0 Å². The van der Waals surface area contributed by atoms with Crippen molar-refractivity contribution in [2.75, 3.05) is 17.7 Å². The van der Waals surface area contributed by atoms with Crippen molar-refractivity contribution in [1.29, 1.82) is 0 Å². The highest BCUT2D eigenvalue weighted by Gasteiger charge is 2.72. The smallest absolute Gasteiger partial charge is 0.388 e. The summed E-state index contributed by atoms with van der Waals surface area (Å²) in [5.74, 6) is -1.33. The van der Waals surface area contributed by atoms with Crippen molar-refractivity contribution in [3.8, 4) is 0 Å². The third-order valence-electron chi connectivity index (χ3n) is 4.32. The molecular weight excluding hydrogens is 418 g/mol. The Morgan fingerprint density at radius 2 is 1.37 bits per heavy atom. The average molecular weight is 434 g/mol. The Morgan fingerprint density at radius 3 is 1.80 bits per heavy atom. The first-order valence-corrected chi connectivity index (χ1v) is 8.33. The number of hydrogen-bond donors (Lipinski definition) is 3. The first kappa shape index (κ1) is 23.2. The molecule has 0 spiro atoms. The van der Waals surface area contributed by atoms with E-state index in [1.807, 2.05) is 5.32 Å². The molecule has 5 nitrogen and oxygen atoms in total. The summed E-state index contributed by atoms with van der Waals surface area (Å²) < 4.78 is 80.1. The van der Waals surface area contributed by atoms with Crippen LogP contribution in [0, 0.1) is 0 Å². The molecule has 3 N–H and O–H groups in total. The van der Waals surface area contributed by atoms with E-state index >= 15 is 0 Å². The Hall–Kier alpha value is -3.08. The average Bonchev–Trinajstić information content (AvgIpc) is 2.65. The van der Waals surface area contributed by atoms with E-state index in [-0.39, 0.29) is 22.6 Å². The van der Waals surface area contributed by atoms with E-state index < -0.39 is 35.1 Å². The Balaban J connectivity index is 2.56. The van der Waals surface area contributed by atoms with Gasteiger partial charge in [-0.15, -0.1) is 0 Å². The summed E-state index contributed by atoms with van der Waals surface area (Å²) in [6.07, 6.45) is -12.2. The van der Waals surface area contributed by atoms with Gasteiger partial charge in [-0.25, -0.2) is 0 Å². The SMILES string of the molecule is CNc1ccc(NC(=O)c2ccc(C(C)=O)cc2)c(C(O)(C(F)(F)F)C(F)(F)F)c1. The van der Waals surface area contributed by atoms with Gasteiger partial charge < -0.3 is 15.7 Å². The van der Waals surface area contributed by atoms with Crippen molar-refractivity contribution >= 4 is 23.1 Å². The first-order chi connectivity index (χ1) is 13.7. The van der Waals surface area contributed by atoms with Crippen LogP contribution >= 0.6 is 0 Å². The normalized spacial score (nSPS) is 12.4. The van der Waals surface area contributed by atoms with E-state index in [2.05, 4.69) is 5.32 Å². The minimum absolute atomic E-state index is 0.119. The van der Waals surface area contributed by atoms with E-state index in [1.54, 1.807) is 0 Å². The Bertz CT molecular complexity index is 938. The van der Waals surface area contributed by atoms with Gasteiger partial charge in [-0.2, -0.15) is 26.3 Å². The van der Waals surface area contributed by atoms with Gasteiger partial charge in [0.25, 0.3) is 11.5 Å². The molecule has 0 fully saturated rings. The van der Waals surface area contributed by atoms with Gasteiger partial charge in [-0.3, -0.25) is 9.59 Å². The number of carbonyl (C=O) groups excluding carboxylic acids is 2. The van der Waals surface area contributed by atoms with Crippen molar-refractivity contribution < 1.29 is 41.0 Å². The molecular formula is C19H16F6N2O3. The second-order valence-corrected chi connectivity index (χ2v) is 6.30. The van der Waals surface area contributed by atoms with Gasteiger partial charge in [-0.1, -0.05) is 12.1 Å². The van der Waals surface area contributed by atoms with Crippen LogP contribution in [-0.2, 0) is 5.60 Å². The molecule has 0 saturated heterocycles. The summed E-state index contributed by atoms with van der Waals surface area (Å²) in [5, 5.41) is 14.1. The quantitative estimate of drug-likeness (QED) is 0.479. The third kappa shape index (κ3) is 4.25. The van der Waals surface area contributed by atoms with Crippen LogP contribution in [0.4, 0.5) is 37.7 Å². The molecule has 2 aromatic rings. The predicted molar refractivity (Wildman–Crippen MR) is 96.4 cm³/mol. The fourth-order valence-corrected chi connectivity index (χ4v) is 2.63. The maximum atomic E-state index is 13.3. The lowest BCUT2D eigenvalue weighted by Gasteiger charge is -2.34. The largest absolute Gasteiger partial charge is 0.430 e. The highest BCUT2D eigenvalue weighted by molar-refractivity contribution is 6.05. The van der Waals surface area contributed by atoms with Gasteiger partial charge >= 0.3 is 12.4 Å². The first-order valence-electron chi connectivity index (χ1n) is 8.33. The molecule has 2 aromatic carbocycles. The van der Waals surface area contributed by atoms with Crippen molar-refractivity contribution in [3.63, 3.8) is 0 Å². The zero-order valence-electron chi connectivity index (χ0n) is 15.6. The van der Waals surface area contributed by atoms with Gasteiger partial charge in [0.1, 0.15) is 0 Å². The summed E-state index contributed by atoms with van der Waals surface area (Å²) in [6.45, 7) is 1.28. The molecule has 11 heteroatoms. The molecule has 162 valence electrons. The van der Waals surface area contributed by atoms with Gasteiger partial charge in [0.2, 0.25) is 0 Å². The maximum Gasteiger partial charge on any atom is 0.430 e. The lowest BCUT2D eigenvalue weighted by Crippen LogP contribution is -2.54. The van der Waals surface area contributed by atoms with Crippen molar-refractivity contribution in [1.82, 2.24) is 0 Å². The van der Waals surface area contributed by atoms with Crippen LogP contribution in [0.2, 0.25) is 0 Å². The molecule has 30 heavy (non-hydrogen) atoms. The fourth-order valence-electron chi connectivity index (χ4n) is 2.63. The molecule has 0 unspecified atom stereocenters. The maximum absolute atomic E-state index is 13.3.